The molecule has 0 saturated carbocycles. The van der Waals surface area contributed by atoms with Crippen LogP contribution in [0, 0.1) is 12.7 Å². The second-order valence-corrected chi connectivity index (χ2v) is 8.23. The van der Waals surface area contributed by atoms with Crippen LogP contribution in [-0.2, 0) is 0 Å². The third-order valence-corrected chi connectivity index (χ3v) is 6.26. The predicted octanol–water partition coefficient (Wildman–Crippen LogP) is 3.97. The van der Waals surface area contributed by atoms with Gasteiger partial charge in [0.2, 0.25) is 0 Å². The number of rotatable bonds is 3. The highest BCUT2D eigenvalue weighted by molar-refractivity contribution is 5.92. The summed E-state index contributed by atoms with van der Waals surface area (Å²) in [6.07, 6.45) is 2.68. The van der Waals surface area contributed by atoms with Crippen LogP contribution in [0.15, 0.2) is 36.4 Å². The van der Waals surface area contributed by atoms with Crippen molar-refractivity contribution in [2.24, 2.45) is 0 Å². The normalized spacial score (nSPS) is 21.2. The lowest BCUT2D eigenvalue weighted by molar-refractivity contribution is 0.0706. The number of likely N-dealkylation sites (N-methyl/N-ethyl adjacent to an activating group) is 1. The van der Waals surface area contributed by atoms with Gasteiger partial charge in [-0.1, -0.05) is 18.2 Å². The molecule has 0 N–H and O–H groups in total. The van der Waals surface area contributed by atoms with Gasteiger partial charge >= 0.3 is 0 Å². The molecule has 1 atom stereocenters. The summed E-state index contributed by atoms with van der Waals surface area (Å²) in [6, 6.07) is 11.1. The van der Waals surface area contributed by atoms with Crippen molar-refractivity contribution in [2.75, 3.05) is 33.2 Å². The number of carbonyl (C=O) groups is 1. The zero-order chi connectivity index (χ0) is 19.7. The largest absolute Gasteiger partial charge is 0.337 e. The number of carbonyl (C=O) groups excluding carboxylic acids is 1. The molecule has 5 heteroatoms. The molecule has 1 unspecified atom stereocenters. The van der Waals surface area contributed by atoms with E-state index < -0.39 is 0 Å². The molecule has 3 heterocycles. The molecule has 2 aliphatic rings. The first-order valence-electron chi connectivity index (χ1n) is 10.2. The van der Waals surface area contributed by atoms with Crippen LogP contribution in [-0.4, -0.2) is 53.9 Å². The van der Waals surface area contributed by atoms with E-state index in [4.69, 9.17) is 4.98 Å². The standard InChI is InChI=1S/C23H28FN3O/c1-16-5-3-6-19(24)22(16)17-10-13-27(14-11-17)23(28)21-8-4-7-20(25-21)18-9-12-26(2)15-18/h3-8,17-18H,9-15H2,1-2H3. The lowest BCUT2D eigenvalue weighted by Gasteiger charge is -2.33. The molecular weight excluding hydrogens is 353 g/mol. The van der Waals surface area contributed by atoms with Crippen LogP contribution in [0.4, 0.5) is 4.39 Å². The van der Waals surface area contributed by atoms with Crippen LogP contribution in [0.25, 0.3) is 0 Å². The van der Waals surface area contributed by atoms with Gasteiger partial charge in [0, 0.05) is 31.2 Å². The molecule has 4 rings (SSSR count). The number of halogens is 1. The Balaban J connectivity index is 1.43. The Hall–Kier alpha value is -2.27. The molecule has 2 aromatic rings. The van der Waals surface area contributed by atoms with Crippen molar-refractivity contribution in [1.29, 1.82) is 0 Å². The van der Waals surface area contributed by atoms with Gasteiger partial charge in [-0.25, -0.2) is 9.37 Å². The molecule has 0 aliphatic carbocycles. The van der Waals surface area contributed by atoms with Gasteiger partial charge in [0.05, 0.1) is 0 Å². The van der Waals surface area contributed by atoms with E-state index in [0.29, 0.717) is 24.7 Å². The molecule has 148 valence electrons. The van der Waals surface area contributed by atoms with E-state index in [2.05, 4.69) is 11.9 Å². The van der Waals surface area contributed by atoms with Crippen LogP contribution in [0.5, 0.6) is 0 Å². The van der Waals surface area contributed by atoms with Crippen molar-refractivity contribution < 1.29 is 9.18 Å². The van der Waals surface area contributed by atoms with E-state index >= 15 is 0 Å². The lowest BCUT2D eigenvalue weighted by atomic mass is 9.86. The van der Waals surface area contributed by atoms with Gasteiger partial charge in [0.15, 0.2) is 0 Å². The lowest BCUT2D eigenvalue weighted by Crippen LogP contribution is -2.38. The van der Waals surface area contributed by atoms with Gasteiger partial charge in [-0.15, -0.1) is 0 Å². The average Bonchev–Trinajstić information content (AvgIpc) is 3.14. The van der Waals surface area contributed by atoms with Gasteiger partial charge in [-0.3, -0.25) is 4.79 Å². The molecule has 2 aliphatic heterocycles. The number of benzene rings is 1. The highest BCUT2D eigenvalue weighted by Gasteiger charge is 2.28. The van der Waals surface area contributed by atoms with Gasteiger partial charge in [-0.2, -0.15) is 0 Å². The third-order valence-electron chi connectivity index (χ3n) is 6.26. The van der Waals surface area contributed by atoms with E-state index in [9.17, 15) is 9.18 Å². The van der Waals surface area contributed by atoms with Crippen LogP contribution in [0.2, 0.25) is 0 Å². The van der Waals surface area contributed by atoms with Crippen molar-refractivity contribution >= 4 is 5.91 Å². The number of likely N-dealkylation sites (tertiary alicyclic amines) is 2. The number of piperidine rings is 1. The Morgan fingerprint density at radius 1 is 1.04 bits per heavy atom. The summed E-state index contributed by atoms with van der Waals surface area (Å²) in [5.74, 6) is 0.462. The van der Waals surface area contributed by atoms with Gasteiger partial charge in [0.25, 0.3) is 5.91 Å². The van der Waals surface area contributed by atoms with Crippen molar-refractivity contribution in [3.05, 3.63) is 64.7 Å². The van der Waals surface area contributed by atoms with Crippen molar-refractivity contribution in [1.82, 2.24) is 14.8 Å². The fourth-order valence-corrected chi connectivity index (χ4v) is 4.67. The van der Waals surface area contributed by atoms with Crippen molar-refractivity contribution in [3.8, 4) is 0 Å². The summed E-state index contributed by atoms with van der Waals surface area (Å²) >= 11 is 0. The summed E-state index contributed by atoms with van der Waals surface area (Å²) in [6.45, 7) is 5.34. The summed E-state index contributed by atoms with van der Waals surface area (Å²) < 4.78 is 14.3. The summed E-state index contributed by atoms with van der Waals surface area (Å²) in [5, 5.41) is 0. The molecule has 2 saturated heterocycles. The number of pyridine rings is 1. The molecule has 28 heavy (non-hydrogen) atoms. The van der Waals surface area contributed by atoms with Crippen LogP contribution < -0.4 is 0 Å². The topological polar surface area (TPSA) is 36.4 Å². The van der Waals surface area contributed by atoms with Crippen LogP contribution in [0.1, 0.15) is 58.4 Å². The smallest absolute Gasteiger partial charge is 0.272 e. The van der Waals surface area contributed by atoms with Crippen molar-refractivity contribution in [2.45, 2.75) is 38.0 Å². The van der Waals surface area contributed by atoms with E-state index in [-0.39, 0.29) is 17.6 Å². The second-order valence-electron chi connectivity index (χ2n) is 8.23. The second kappa shape index (κ2) is 8.00. The SMILES string of the molecule is Cc1cccc(F)c1C1CCN(C(=O)c2cccc(C3CCN(C)C3)n2)CC1. The number of amides is 1. The minimum Gasteiger partial charge on any atom is -0.337 e. The highest BCUT2D eigenvalue weighted by Crippen LogP contribution is 2.32. The van der Waals surface area contributed by atoms with E-state index in [1.165, 1.54) is 6.07 Å². The Morgan fingerprint density at radius 3 is 2.43 bits per heavy atom. The Morgan fingerprint density at radius 2 is 1.75 bits per heavy atom. The quantitative estimate of drug-likeness (QED) is 0.807. The summed E-state index contributed by atoms with van der Waals surface area (Å²) in [5.41, 5.74) is 3.38. The molecular formula is C23H28FN3O. The third kappa shape index (κ3) is 3.81. The number of nitrogens with zero attached hydrogens (tertiary/aromatic N) is 3. The minimum absolute atomic E-state index is 0.00286. The molecule has 4 nitrogen and oxygen atoms in total. The fraction of sp³-hybridized carbons (Fsp3) is 0.478. The number of aromatic nitrogens is 1. The number of hydrogen-bond acceptors (Lipinski definition) is 3. The summed E-state index contributed by atoms with van der Waals surface area (Å²) in [7, 11) is 2.12. The molecule has 1 amide bonds. The molecule has 1 aromatic heterocycles. The Kier molecular flexibility index (Phi) is 5.44. The first kappa shape index (κ1) is 19.1. The van der Waals surface area contributed by atoms with Crippen LogP contribution in [0.3, 0.4) is 0 Å². The zero-order valence-corrected chi connectivity index (χ0v) is 16.7. The average molecular weight is 381 g/mol. The molecule has 0 radical (unpaired) electrons. The summed E-state index contributed by atoms with van der Waals surface area (Å²) in [4.78, 5) is 21.9. The number of hydrogen-bond donors (Lipinski definition) is 0. The monoisotopic (exact) mass is 381 g/mol. The maximum Gasteiger partial charge on any atom is 0.272 e. The van der Waals surface area contributed by atoms with Crippen LogP contribution >= 0.6 is 0 Å². The Labute approximate surface area is 166 Å². The predicted molar refractivity (Wildman–Crippen MR) is 108 cm³/mol. The van der Waals surface area contributed by atoms with E-state index in [1.807, 2.05) is 36.1 Å². The zero-order valence-electron chi connectivity index (χ0n) is 16.7. The van der Waals surface area contributed by atoms with E-state index in [0.717, 1.165) is 49.2 Å². The first-order chi connectivity index (χ1) is 13.5. The highest BCUT2D eigenvalue weighted by atomic mass is 19.1. The molecule has 0 spiro atoms. The van der Waals surface area contributed by atoms with Gasteiger partial charge in [0.1, 0.15) is 11.5 Å². The fourth-order valence-electron chi connectivity index (χ4n) is 4.67. The van der Waals surface area contributed by atoms with Gasteiger partial charge < -0.3 is 9.80 Å². The first-order valence-corrected chi connectivity index (χ1v) is 10.2. The van der Waals surface area contributed by atoms with Gasteiger partial charge in [-0.05, 0) is 75.0 Å². The number of aryl methyl sites for hydroxylation is 1. The maximum atomic E-state index is 14.3. The Bertz CT molecular complexity index is 840. The maximum absolute atomic E-state index is 14.3. The molecule has 2 fully saturated rings. The molecule has 0 bridgehead atoms. The molecule has 1 aromatic carbocycles. The minimum atomic E-state index is -0.124. The van der Waals surface area contributed by atoms with Crippen molar-refractivity contribution in [3.63, 3.8) is 0 Å². The van der Waals surface area contributed by atoms with E-state index in [1.54, 1.807) is 6.07 Å².